The molecule has 1 aliphatic rings. The summed E-state index contributed by atoms with van der Waals surface area (Å²) in [6.45, 7) is 0.665. The Morgan fingerprint density at radius 3 is 2.75 bits per heavy atom. The molecule has 2 aromatic carbocycles. The van der Waals surface area contributed by atoms with Crippen molar-refractivity contribution < 1.29 is 4.74 Å². The first-order chi connectivity index (χ1) is 9.58. The number of fused-ring (bicyclic) bond motifs is 1. The molecule has 3 rings (SSSR count). The van der Waals surface area contributed by atoms with Crippen LogP contribution in [0.2, 0.25) is 10.0 Å². The van der Waals surface area contributed by atoms with Gasteiger partial charge in [-0.05, 0) is 45.3 Å². The first kappa shape index (κ1) is 14.5. The maximum atomic E-state index is 6.62. The Kier molecular flexibility index (Phi) is 4.19. The molecule has 0 radical (unpaired) electrons. The van der Waals surface area contributed by atoms with E-state index in [1.54, 1.807) is 0 Å². The molecule has 1 heterocycles. The van der Waals surface area contributed by atoms with E-state index < -0.39 is 5.38 Å². The van der Waals surface area contributed by atoms with Crippen LogP contribution < -0.4 is 4.74 Å². The van der Waals surface area contributed by atoms with Gasteiger partial charge in [0.05, 0.1) is 17.0 Å². The highest BCUT2D eigenvalue weighted by Gasteiger charge is 2.25. The summed E-state index contributed by atoms with van der Waals surface area (Å²) in [6, 6.07) is 9.48. The number of halogens is 4. The first-order valence-electron chi connectivity index (χ1n) is 6.11. The molecule has 5 heteroatoms. The summed E-state index contributed by atoms with van der Waals surface area (Å²) in [7, 11) is 0. The molecule has 0 spiro atoms. The summed E-state index contributed by atoms with van der Waals surface area (Å²) < 4.78 is 6.52. The van der Waals surface area contributed by atoms with Crippen LogP contribution >= 0.6 is 50.7 Å². The molecule has 0 saturated carbocycles. The summed E-state index contributed by atoms with van der Waals surface area (Å²) in [6.07, 6.45) is 0.860. The Morgan fingerprint density at radius 1 is 1.15 bits per heavy atom. The van der Waals surface area contributed by atoms with E-state index in [4.69, 9.17) is 39.5 Å². The van der Waals surface area contributed by atoms with Crippen LogP contribution in [-0.4, -0.2) is 6.61 Å². The molecule has 0 fully saturated rings. The summed E-state index contributed by atoms with van der Waals surface area (Å²) in [5.41, 5.74) is 2.80. The van der Waals surface area contributed by atoms with E-state index in [2.05, 4.69) is 15.9 Å². The topological polar surface area (TPSA) is 9.23 Å². The normalized spacial score (nSPS) is 14.8. The zero-order valence-corrected chi connectivity index (χ0v) is 14.2. The maximum Gasteiger partial charge on any atom is 0.127 e. The van der Waals surface area contributed by atoms with Gasteiger partial charge in [0.2, 0.25) is 0 Å². The van der Waals surface area contributed by atoms with Crippen molar-refractivity contribution in [3.05, 3.63) is 61.5 Å². The van der Waals surface area contributed by atoms with E-state index in [-0.39, 0.29) is 0 Å². The highest BCUT2D eigenvalue weighted by atomic mass is 79.9. The van der Waals surface area contributed by atoms with E-state index in [0.717, 1.165) is 33.3 Å². The van der Waals surface area contributed by atoms with Crippen LogP contribution in [0.25, 0.3) is 0 Å². The number of ether oxygens (including phenoxy) is 1. The van der Waals surface area contributed by atoms with Gasteiger partial charge in [-0.25, -0.2) is 0 Å². The minimum Gasteiger partial charge on any atom is -0.493 e. The minimum absolute atomic E-state index is 0.398. The molecule has 1 atom stereocenters. The second-order valence-corrected chi connectivity index (χ2v) is 6.69. The van der Waals surface area contributed by atoms with E-state index in [1.165, 1.54) is 0 Å². The van der Waals surface area contributed by atoms with Crippen molar-refractivity contribution in [2.45, 2.75) is 11.8 Å². The highest BCUT2D eigenvalue weighted by molar-refractivity contribution is 9.10. The minimum atomic E-state index is -0.398. The predicted octanol–water partition coefficient (Wildman–Crippen LogP) is 6.02. The van der Waals surface area contributed by atoms with Gasteiger partial charge in [-0.3, -0.25) is 0 Å². The van der Waals surface area contributed by atoms with Crippen molar-refractivity contribution in [1.29, 1.82) is 0 Å². The Hall–Kier alpha value is -0.410. The van der Waals surface area contributed by atoms with Crippen LogP contribution in [0, 0.1) is 0 Å². The third-order valence-corrected chi connectivity index (χ3v) is 5.30. The Labute approximate surface area is 140 Å². The molecule has 1 aliphatic heterocycles. The second kappa shape index (κ2) is 5.76. The fourth-order valence-electron chi connectivity index (χ4n) is 2.37. The quantitative estimate of drug-likeness (QED) is 0.568. The molecule has 1 nitrogen and oxygen atoms in total. The second-order valence-electron chi connectivity index (χ2n) is 4.59. The standard InChI is InChI=1S/C15H10BrCl3O/c16-12-3-1-2-10(14(12)19)13(18)11-7-9(17)6-8-4-5-20-15(8)11/h1-3,6-7,13H,4-5H2. The molecule has 0 amide bonds. The molecular formula is C15H10BrCl3O. The number of benzene rings is 2. The fraction of sp³-hybridized carbons (Fsp3) is 0.200. The Balaban J connectivity index is 2.11. The molecule has 2 aromatic rings. The van der Waals surface area contributed by atoms with E-state index in [1.807, 2.05) is 30.3 Å². The van der Waals surface area contributed by atoms with E-state index in [0.29, 0.717) is 16.7 Å². The van der Waals surface area contributed by atoms with Crippen molar-refractivity contribution in [3.8, 4) is 5.75 Å². The van der Waals surface area contributed by atoms with Crippen LogP contribution in [0.3, 0.4) is 0 Å². The number of alkyl halides is 1. The molecule has 104 valence electrons. The average Bonchev–Trinajstić information content (AvgIpc) is 2.88. The summed E-state index contributed by atoms with van der Waals surface area (Å²) >= 11 is 22.5. The van der Waals surface area contributed by atoms with Gasteiger partial charge in [0.25, 0.3) is 0 Å². The Morgan fingerprint density at radius 2 is 1.95 bits per heavy atom. The van der Waals surface area contributed by atoms with Crippen molar-refractivity contribution in [3.63, 3.8) is 0 Å². The number of hydrogen-bond acceptors (Lipinski definition) is 1. The van der Waals surface area contributed by atoms with Gasteiger partial charge >= 0.3 is 0 Å². The lowest BCUT2D eigenvalue weighted by atomic mass is 10.0. The summed E-state index contributed by atoms with van der Waals surface area (Å²) in [5.74, 6) is 0.838. The van der Waals surface area contributed by atoms with Crippen molar-refractivity contribution >= 4 is 50.7 Å². The maximum absolute atomic E-state index is 6.62. The van der Waals surface area contributed by atoms with E-state index >= 15 is 0 Å². The predicted molar refractivity (Wildman–Crippen MR) is 87.5 cm³/mol. The van der Waals surface area contributed by atoms with Crippen molar-refractivity contribution in [2.24, 2.45) is 0 Å². The molecule has 0 bridgehead atoms. The molecule has 20 heavy (non-hydrogen) atoms. The Bertz CT molecular complexity index is 672. The molecule has 0 aliphatic carbocycles. The van der Waals surface area contributed by atoms with Gasteiger partial charge in [-0.1, -0.05) is 35.3 Å². The highest BCUT2D eigenvalue weighted by Crippen LogP contribution is 2.44. The third-order valence-electron chi connectivity index (χ3n) is 3.30. The van der Waals surface area contributed by atoms with Crippen molar-refractivity contribution in [2.75, 3.05) is 6.61 Å². The fourth-order valence-corrected chi connectivity index (χ4v) is 3.64. The molecule has 0 saturated heterocycles. The lowest BCUT2D eigenvalue weighted by Gasteiger charge is -2.16. The smallest absolute Gasteiger partial charge is 0.127 e. The third kappa shape index (κ3) is 2.55. The average molecular weight is 393 g/mol. The van der Waals surface area contributed by atoms with Gasteiger partial charge in [0.1, 0.15) is 5.75 Å². The molecule has 0 N–H and O–H groups in total. The largest absolute Gasteiger partial charge is 0.493 e. The van der Waals surface area contributed by atoms with Gasteiger partial charge in [0.15, 0.2) is 0 Å². The van der Waals surface area contributed by atoms with Gasteiger partial charge < -0.3 is 4.74 Å². The van der Waals surface area contributed by atoms with Crippen LogP contribution in [-0.2, 0) is 6.42 Å². The van der Waals surface area contributed by atoms with Gasteiger partial charge in [0, 0.05) is 21.5 Å². The molecule has 0 aromatic heterocycles. The van der Waals surface area contributed by atoms with Crippen LogP contribution in [0.4, 0.5) is 0 Å². The van der Waals surface area contributed by atoms with Crippen molar-refractivity contribution in [1.82, 2.24) is 0 Å². The first-order valence-corrected chi connectivity index (χ1v) is 8.09. The zero-order valence-electron chi connectivity index (χ0n) is 10.3. The molecular weight excluding hydrogens is 382 g/mol. The van der Waals surface area contributed by atoms with Crippen LogP contribution in [0.5, 0.6) is 5.75 Å². The monoisotopic (exact) mass is 390 g/mol. The van der Waals surface area contributed by atoms with Gasteiger partial charge in [-0.15, -0.1) is 11.6 Å². The molecule has 1 unspecified atom stereocenters. The summed E-state index contributed by atoms with van der Waals surface area (Å²) in [4.78, 5) is 0. The van der Waals surface area contributed by atoms with Crippen LogP contribution in [0.1, 0.15) is 22.1 Å². The lowest BCUT2D eigenvalue weighted by Crippen LogP contribution is -1.98. The van der Waals surface area contributed by atoms with Gasteiger partial charge in [-0.2, -0.15) is 0 Å². The lowest BCUT2D eigenvalue weighted by molar-refractivity contribution is 0.353. The summed E-state index contributed by atoms with van der Waals surface area (Å²) in [5, 5.41) is 0.880. The van der Waals surface area contributed by atoms with Crippen LogP contribution in [0.15, 0.2) is 34.8 Å². The zero-order chi connectivity index (χ0) is 14.3. The number of hydrogen-bond donors (Lipinski definition) is 0. The number of rotatable bonds is 2. The van der Waals surface area contributed by atoms with E-state index in [9.17, 15) is 0 Å². The SMILES string of the molecule is Clc1cc2c(c(C(Cl)c3cccc(Br)c3Cl)c1)OCC2.